The van der Waals surface area contributed by atoms with Crippen LogP contribution in [0.4, 0.5) is 11.6 Å². The Hall–Kier alpha value is -1.70. The van der Waals surface area contributed by atoms with Gasteiger partial charge in [-0.15, -0.1) is 0 Å². The van der Waals surface area contributed by atoms with E-state index in [1.807, 2.05) is 14.1 Å². The molecule has 2 rings (SSSR count). The number of aromatic nitrogens is 2. The summed E-state index contributed by atoms with van der Waals surface area (Å²) in [6.07, 6.45) is 0. The summed E-state index contributed by atoms with van der Waals surface area (Å²) in [6.45, 7) is 1.56. The molecule has 0 aliphatic carbocycles. The van der Waals surface area contributed by atoms with Crippen molar-refractivity contribution >= 4 is 50.8 Å². The van der Waals surface area contributed by atoms with E-state index in [0.29, 0.717) is 29.1 Å². The number of likely N-dealkylation sites (N-methyl/N-ethyl adjacent to an activating group) is 1. The monoisotopic (exact) mass is 555 g/mol. The molecule has 2 aromatic rings. The van der Waals surface area contributed by atoms with Gasteiger partial charge in [0.25, 0.3) is 5.91 Å². The van der Waals surface area contributed by atoms with Crippen LogP contribution in [0.1, 0.15) is 10.5 Å². The molecule has 0 aliphatic heterocycles. The van der Waals surface area contributed by atoms with Crippen molar-refractivity contribution in [1.82, 2.24) is 20.0 Å². The van der Waals surface area contributed by atoms with Crippen molar-refractivity contribution in [3.63, 3.8) is 0 Å². The fourth-order valence-corrected chi connectivity index (χ4v) is 3.73. The second-order valence-corrected chi connectivity index (χ2v) is 9.69. The van der Waals surface area contributed by atoms with Crippen LogP contribution >= 0.6 is 23.2 Å². The standard InChI is InChI=1S/C17H23Cl2N7O3S.BrH/c1-26(2,10-8-23-30(28,29)12-5-3-11(18)4-6-12)9-7-22-17(27)13-15(20)25-16(21)14(19)24-13;/h3-6,23H,7-10H2,1-2H3,(H4-,20,21,22,25,27);1H. The number of nitrogens with zero attached hydrogens (tertiary/aromatic N) is 3. The Morgan fingerprint density at radius 3 is 2.23 bits per heavy atom. The first-order valence-corrected chi connectivity index (χ1v) is 11.1. The first kappa shape index (κ1) is 27.3. The molecule has 172 valence electrons. The van der Waals surface area contributed by atoms with Crippen molar-refractivity contribution in [2.45, 2.75) is 4.90 Å². The van der Waals surface area contributed by atoms with Crippen LogP contribution in [-0.2, 0) is 10.0 Å². The molecule has 0 bridgehead atoms. The normalized spacial score (nSPS) is 11.6. The lowest BCUT2D eigenvalue weighted by atomic mass is 10.3. The van der Waals surface area contributed by atoms with Crippen LogP contribution in [0, 0.1) is 0 Å². The van der Waals surface area contributed by atoms with Gasteiger partial charge in [0.05, 0.1) is 45.2 Å². The molecule has 0 saturated heterocycles. The quantitative estimate of drug-likeness (QED) is 0.254. The number of benzene rings is 1. The zero-order valence-electron chi connectivity index (χ0n) is 16.9. The molecule has 0 fully saturated rings. The summed E-state index contributed by atoms with van der Waals surface area (Å²) in [7, 11) is 0.205. The zero-order chi connectivity index (χ0) is 22.5. The average Bonchev–Trinajstić information content (AvgIpc) is 2.64. The number of anilines is 2. The van der Waals surface area contributed by atoms with E-state index < -0.39 is 15.9 Å². The van der Waals surface area contributed by atoms with Crippen LogP contribution in [0.25, 0.3) is 0 Å². The second kappa shape index (κ2) is 11.2. The molecule has 0 aliphatic rings. The smallest absolute Gasteiger partial charge is 0.273 e. The Labute approximate surface area is 201 Å². The van der Waals surface area contributed by atoms with Gasteiger partial charge in [-0.05, 0) is 24.3 Å². The van der Waals surface area contributed by atoms with E-state index in [4.69, 9.17) is 34.7 Å². The van der Waals surface area contributed by atoms with Crippen molar-refractivity contribution in [2.75, 3.05) is 51.7 Å². The molecular formula is C17H24BrCl2N7O3S. The summed E-state index contributed by atoms with van der Waals surface area (Å²) in [6, 6.07) is 5.92. The number of amides is 1. The number of carbonyl (C=O) groups excluding carboxylic acids is 1. The summed E-state index contributed by atoms with van der Waals surface area (Å²) in [4.78, 5) is 20.0. The minimum Gasteiger partial charge on any atom is -1.00 e. The van der Waals surface area contributed by atoms with E-state index in [2.05, 4.69) is 20.0 Å². The third-order valence-electron chi connectivity index (χ3n) is 4.26. The molecule has 1 aromatic heterocycles. The van der Waals surface area contributed by atoms with Gasteiger partial charge in [0.15, 0.2) is 22.5 Å². The zero-order valence-corrected chi connectivity index (χ0v) is 20.8. The number of quaternary nitrogens is 1. The third-order valence-corrected chi connectivity index (χ3v) is 6.26. The highest BCUT2D eigenvalue weighted by Crippen LogP contribution is 2.17. The molecule has 31 heavy (non-hydrogen) atoms. The Kier molecular flexibility index (Phi) is 9.92. The first-order valence-electron chi connectivity index (χ1n) is 8.85. The molecule has 6 N–H and O–H groups in total. The molecule has 1 heterocycles. The van der Waals surface area contributed by atoms with E-state index in [-0.39, 0.29) is 50.9 Å². The number of nitrogens with one attached hydrogen (secondary N) is 2. The van der Waals surface area contributed by atoms with Gasteiger partial charge in [0, 0.05) is 5.02 Å². The van der Waals surface area contributed by atoms with E-state index in [0.717, 1.165) is 0 Å². The number of halogens is 3. The molecule has 14 heteroatoms. The van der Waals surface area contributed by atoms with Crippen LogP contribution in [0.5, 0.6) is 0 Å². The van der Waals surface area contributed by atoms with E-state index in [1.54, 1.807) is 0 Å². The van der Waals surface area contributed by atoms with Gasteiger partial charge in [0.1, 0.15) is 0 Å². The highest BCUT2D eigenvalue weighted by molar-refractivity contribution is 7.89. The lowest BCUT2D eigenvalue weighted by Crippen LogP contribution is -3.00. The summed E-state index contributed by atoms with van der Waals surface area (Å²) < 4.78 is 27.6. The molecular weight excluding hydrogens is 533 g/mol. The molecule has 1 aromatic carbocycles. The van der Waals surface area contributed by atoms with Crippen molar-refractivity contribution in [1.29, 1.82) is 0 Å². The summed E-state index contributed by atoms with van der Waals surface area (Å²) >= 11 is 11.6. The third kappa shape index (κ3) is 8.05. The van der Waals surface area contributed by atoms with Crippen molar-refractivity contribution in [3.8, 4) is 0 Å². The highest BCUT2D eigenvalue weighted by atomic mass is 79.9. The SMILES string of the molecule is C[N+](C)(CCNC(=O)c1nc(Cl)c(N)nc1N)CCNS(=O)(=O)c1ccc(Cl)cc1.[Br-]. The average molecular weight is 557 g/mol. The van der Waals surface area contributed by atoms with E-state index >= 15 is 0 Å². The summed E-state index contributed by atoms with van der Waals surface area (Å²) in [5, 5.41) is 3.05. The van der Waals surface area contributed by atoms with E-state index in [1.165, 1.54) is 24.3 Å². The molecule has 0 atom stereocenters. The van der Waals surface area contributed by atoms with Crippen LogP contribution in [0.3, 0.4) is 0 Å². The Morgan fingerprint density at radius 1 is 1.03 bits per heavy atom. The second-order valence-electron chi connectivity index (χ2n) is 7.12. The van der Waals surface area contributed by atoms with Crippen LogP contribution < -0.4 is 38.5 Å². The van der Waals surface area contributed by atoms with E-state index in [9.17, 15) is 13.2 Å². The van der Waals surface area contributed by atoms with Crippen LogP contribution in [0.2, 0.25) is 10.2 Å². The molecule has 0 radical (unpaired) electrons. The number of sulfonamides is 1. The Morgan fingerprint density at radius 2 is 1.61 bits per heavy atom. The van der Waals surface area contributed by atoms with Gasteiger partial charge in [0.2, 0.25) is 10.0 Å². The number of carbonyl (C=O) groups is 1. The number of nitrogens with two attached hydrogens (primary N) is 2. The lowest BCUT2D eigenvalue weighted by molar-refractivity contribution is -0.887. The Bertz CT molecular complexity index is 1020. The van der Waals surface area contributed by atoms with Gasteiger partial charge in [-0.2, -0.15) is 0 Å². The van der Waals surface area contributed by atoms with Crippen LogP contribution in [-0.4, -0.2) is 69.1 Å². The Balaban J connectivity index is 0.00000480. The summed E-state index contributed by atoms with van der Waals surface area (Å²) in [5.74, 6) is -0.685. The fourth-order valence-electron chi connectivity index (χ4n) is 2.46. The van der Waals surface area contributed by atoms with Gasteiger partial charge >= 0.3 is 0 Å². The molecule has 0 spiro atoms. The predicted molar refractivity (Wildman–Crippen MR) is 117 cm³/mol. The lowest BCUT2D eigenvalue weighted by Gasteiger charge is -2.29. The van der Waals surface area contributed by atoms with Gasteiger partial charge in [-0.1, -0.05) is 23.2 Å². The van der Waals surface area contributed by atoms with Crippen molar-refractivity contribution < 1.29 is 34.7 Å². The molecule has 10 nitrogen and oxygen atoms in total. The molecule has 1 amide bonds. The maximum atomic E-state index is 12.3. The fraction of sp³-hybridized carbons (Fsp3) is 0.353. The number of hydrogen-bond acceptors (Lipinski definition) is 7. The van der Waals surface area contributed by atoms with Gasteiger partial charge in [-0.25, -0.2) is 23.1 Å². The van der Waals surface area contributed by atoms with Crippen molar-refractivity contribution in [3.05, 3.63) is 40.1 Å². The van der Waals surface area contributed by atoms with Crippen LogP contribution in [0.15, 0.2) is 29.2 Å². The number of hydrogen-bond donors (Lipinski definition) is 4. The first-order chi connectivity index (χ1) is 13.9. The summed E-state index contributed by atoms with van der Waals surface area (Å²) in [5.41, 5.74) is 11.1. The molecule has 0 unspecified atom stereocenters. The maximum absolute atomic E-state index is 12.3. The molecule has 0 saturated carbocycles. The minimum absolute atomic E-state index is 0. The topological polar surface area (TPSA) is 153 Å². The highest BCUT2D eigenvalue weighted by Gasteiger charge is 2.20. The van der Waals surface area contributed by atoms with Gasteiger partial charge in [-0.3, -0.25) is 4.79 Å². The number of nitrogen functional groups attached to an aromatic ring is 2. The van der Waals surface area contributed by atoms with Gasteiger partial charge < -0.3 is 38.2 Å². The van der Waals surface area contributed by atoms with Crippen molar-refractivity contribution in [2.24, 2.45) is 0 Å². The maximum Gasteiger partial charge on any atom is 0.273 e. The predicted octanol–water partition coefficient (Wildman–Crippen LogP) is -2.26. The number of rotatable bonds is 9. The largest absolute Gasteiger partial charge is 1.00 e. The minimum atomic E-state index is -3.62.